The molecule has 2 fully saturated rings. The Morgan fingerprint density at radius 3 is 3.03 bits per heavy atom. The first kappa shape index (κ1) is 18.4. The van der Waals surface area contributed by atoms with Crippen molar-refractivity contribution in [3.63, 3.8) is 0 Å². The number of halogens is 2. The molecule has 2 aliphatic rings. The molecule has 2 saturated heterocycles. The number of fused-ring (bicyclic) bond motifs is 2. The van der Waals surface area contributed by atoms with E-state index >= 15 is 0 Å². The number of nitrogens with zero attached hydrogens (tertiary/aromatic N) is 2. The van der Waals surface area contributed by atoms with Crippen LogP contribution in [0.2, 0.25) is 5.02 Å². The number of aromatic hydroxyl groups is 1. The number of ether oxygens (including phenoxy) is 3. The Kier molecular flexibility index (Phi) is 4.61. The van der Waals surface area contributed by atoms with Crippen molar-refractivity contribution in [2.75, 3.05) is 18.5 Å². The van der Waals surface area contributed by atoms with Gasteiger partial charge in [0.05, 0.1) is 28.9 Å². The number of phenolic OH excluding ortho intramolecular Hbond substituents is 1. The molecule has 9 heteroatoms. The number of aromatic nitrogens is 2. The van der Waals surface area contributed by atoms with Gasteiger partial charge in [-0.3, -0.25) is 0 Å². The van der Waals surface area contributed by atoms with Crippen LogP contribution >= 0.6 is 11.6 Å². The van der Waals surface area contributed by atoms with Crippen molar-refractivity contribution >= 4 is 34.0 Å². The molecule has 3 atom stereocenters. The molecule has 7 nitrogen and oxygen atoms in total. The molecular weight excluding hydrogens is 401 g/mol. The molecule has 29 heavy (non-hydrogen) atoms. The number of rotatable bonds is 4. The van der Waals surface area contributed by atoms with E-state index in [-0.39, 0.29) is 40.5 Å². The van der Waals surface area contributed by atoms with Crippen LogP contribution in [0, 0.1) is 5.82 Å². The van der Waals surface area contributed by atoms with E-state index in [2.05, 4.69) is 15.3 Å². The summed E-state index contributed by atoms with van der Waals surface area (Å²) in [6.07, 6.45) is 1.79. The summed E-state index contributed by atoms with van der Waals surface area (Å²) in [5.74, 6) is -0.0527. The van der Waals surface area contributed by atoms with Gasteiger partial charge in [-0.15, -0.1) is 0 Å². The monoisotopic (exact) mass is 417 g/mol. The highest BCUT2D eigenvalue weighted by molar-refractivity contribution is 6.31. The van der Waals surface area contributed by atoms with E-state index in [4.69, 9.17) is 25.8 Å². The van der Waals surface area contributed by atoms with E-state index in [1.807, 2.05) is 0 Å². The minimum atomic E-state index is -0.586. The molecule has 0 aliphatic carbocycles. The molecule has 0 saturated carbocycles. The van der Waals surface area contributed by atoms with E-state index < -0.39 is 5.82 Å². The first-order chi connectivity index (χ1) is 14.1. The third-order valence-corrected chi connectivity index (χ3v) is 5.41. The van der Waals surface area contributed by atoms with Gasteiger partial charge >= 0.3 is 0 Å². The number of nitrogens with one attached hydrogen (secondary N) is 1. The summed E-state index contributed by atoms with van der Waals surface area (Å²) in [4.78, 5) is 8.41. The summed E-state index contributed by atoms with van der Waals surface area (Å²) in [6.45, 7) is 1.04. The van der Waals surface area contributed by atoms with Crippen molar-refractivity contribution in [1.29, 1.82) is 0 Å². The van der Waals surface area contributed by atoms with E-state index in [1.54, 1.807) is 18.2 Å². The van der Waals surface area contributed by atoms with E-state index in [0.29, 0.717) is 29.9 Å². The number of phenols is 1. The summed E-state index contributed by atoms with van der Waals surface area (Å²) in [7, 11) is 0. The van der Waals surface area contributed by atoms with Gasteiger partial charge in [-0.05, 0) is 24.6 Å². The second-order valence-corrected chi connectivity index (χ2v) is 7.35. The third kappa shape index (κ3) is 3.33. The van der Waals surface area contributed by atoms with E-state index in [9.17, 15) is 9.50 Å². The van der Waals surface area contributed by atoms with E-state index in [0.717, 1.165) is 6.42 Å². The van der Waals surface area contributed by atoms with Crippen molar-refractivity contribution in [3.05, 3.63) is 47.5 Å². The predicted molar refractivity (Wildman–Crippen MR) is 104 cm³/mol. The summed E-state index contributed by atoms with van der Waals surface area (Å²) in [6, 6.07) is 7.74. The Labute approximate surface area is 170 Å². The van der Waals surface area contributed by atoms with Crippen LogP contribution < -0.4 is 10.1 Å². The predicted octanol–water partition coefficient (Wildman–Crippen LogP) is 3.81. The smallest absolute Gasteiger partial charge is 0.165 e. The molecule has 3 unspecified atom stereocenters. The molecule has 1 aromatic heterocycles. The molecular formula is C20H17ClFN3O4. The van der Waals surface area contributed by atoms with Gasteiger partial charge in [-0.1, -0.05) is 17.7 Å². The topological polar surface area (TPSA) is 85.7 Å². The standard InChI is InChI=1S/C20H17ClFN3O4/c21-11-2-1-3-12(18(11)22)25-20-10-6-14(26)16(7-13(10)23-9-24-20)29-17-8-28-15-4-5-27-19(15)17/h1-3,6-7,9,15,17,19,26H,4-5,8H2,(H,23,24,25). The van der Waals surface area contributed by atoms with Crippen LogP contribution in [0.15, 0.2) is 36.7 Å². The molecule has 0 amide bonds. The van der Waals surface area contributed by atoms with Gasteiger partial charge < -0.3 is 24.6 Å². The van der Waals surface area contributed by atoms with Crippen LogP contribution in [0.4, 0.5) is 15.9 Å². The summed E-state index contributed by atoms with van der Waals surface area (Å²) < 4.78 is 31.6. The van der Waals surface area contributed by atoms with Crippen LogP contribution in [0.3, 0.4) is 0 Å². The van der Waals surface area contributed by atoms with Crippen molar-refractivity contribution in [3.8, 4) is 11.5 Å². The molecule has 0 bridgehead atoms. The zero-order valence-corrected chi connectivity index (χ0v) is 15.9. The highest BCUT2D eigenvalue weighted by Gasteiger charge is 2.43. The summed E-state index contributed by atoms with van der Waals surface area (Å²) in [5, 5.41) is 13.9. The molecule has 5 rings (SSSR count). The van der Waals surface area contributed by atoms with Gasteiger partial charge in [-0.25, -0.2) is 14.4 Å². The minimum absolute atomic E-state index is 0.00175. The summed E-state index contributed by atoms with van der Waals surface area (Å²) in [5.41, 5.74) is 0.699. The average molecular weight is 418 g/mol. The van der Waals surface area contributed by atoms with Crippen LogP contribution in [0.1, 0.15) is 6.42 Å². The molecule has 2 N–H and O–H groups in total. The first-order valence-electron chi connectivity index (χ1n) is 9.19. The van der Waals surface area contributed by atoms with Crippen LogP contribution in [-0.4, -0.2) is 46.6 Å². The average Bonchev–Trinajstić information content (AvgIpc) is 3.32. The fraction of sp³-hybridized carbons (Fsp3) is 0.300. The number of anilines is 2. The van der Waals surface area contributed by atoms with Crippen molar-refractivity contribution in [1.82, 2.24) is 9.97 Å². The molecule has 0 spiro atoms. The van der Waals surface area contributed by atoms with Gasteiger partial charge in [0.1, 0.15) is 18.2 Å². The van der Waals surface area contributed by atoms with Crippen molar-refractivity contribution < 1.29 is 23.7 Å². The van der Waals surface area contributed by atoms with Gasteiger partial charge in [-0.2, -0.15) is 0 Å². The van der Waals surface area contributed by atoms with Gasteiger partial charge in [0.2, 0.25) is 0 Å². The molecule has 150 valence electrons. The van der Waals surface area contributed by atoms with Gasteiger partial charge in [0.15, 0.2) is 23.4 Å². The Morgan fingerprint density at radius 1 is 1.24 bits per heavy atom. The SMILES string of the molecule is Oc1cc2c(Nc3cccc(Cl)c3F)ncnc2cc1OC1COC2CCOC21. The number of benzene rings is 2. The number of hydrogen-bond acceptors (Lipinski definition) is 7. The first-order valence-corrected chi connectivity index (χ1v) is 9.56. The second kappa shape index (κ2) is 7.29. The van der Waals surface area contributed by atoms with Crippen LogP contribution in [0.5, 0.6) is 11.5 Å². The Balaban J connectivity index is 1.46. The Hall–Kier alpha value is -2.68. The maximum absolute atomic E-state index is 14.2. The zero-order valence-electron chi connectivity index (χ0n) is 15.1. The quantitative estimate of drug-likeness (QED) is 0.667. The normalized spacial score (nSPS) is 23.3. The summed E-state index contributed by atoms with van der Waals surface area (Å²) >= 11 is 5.84. The van der Waals surface area contributed by atoms with Gasteiger partial charge in [0, 0.05) is 18.1 Å². The number of hydrogen-bond donors (Lipinski definition) is 2. The maximum Gasteiger partial charge on any atom is 0.165 e. The molecule has 2 aromatic carbocycles. The van der Waals surface area contributed by atoms with E-state index in [1.165, 1.54) is 18.5 Å². The minimum Gasteiger partial charge on any atom is -0.504 e. The lowest BCUT2D eigenvalue weighted by molar-refractivity contribution is 0.0299. The second-order valence-electron chi connectivity index (χ2n) is 6.94. The molecule has 3 heterocycles. The lowest BCUT2D eigenvalue weighted by Gasteiger charge is -2.19. The molecule has 3 aromatic rings. The highest BCUT2D eigenvalue weighted by Crippen LogP contribution is 2.37. The van der Waals surface area contributed by atoms with Crippen molar-refractivity contribution in [2.24, 2.45) is 0 Å². The molecule has 2 aliphatic heterocycles. The van der Waals surface area contributed by atoms with Crippen LogP contribution in [-0.2, 0) is 9.47 Å². The Morgan fingerprint density at radius 2 is 2.14 bits per heavy atom. The highest BCUT2D eigenvalue weighted by atomic mass is 35.5. The maximum atomic E-state index is 14.2. The lowest BCUT2D eigenvalue weighted by Crippen LogP contribution is -2.32. The van der Waals surface area contributed by atoms with Crippen LogP contribution in [0.25, 0.3) is 10.9 Å². The fourth-order valence-corrected chi connectivity index (χ4v) is 3.86. The fourth-order valence-electron chi connectivity index (χ4n) is 3.69. The largest absolute Gasteiger partial charge is 0.504 e. The van der Waals surface area contributed by atoms with Crippen molar-refractivity contribution in [2.45, 2.75) is 24.7 Å². The lowest BCUT2D eigenvalue weighted by atomic mass is 10.1. The molecule has 0 radical (unpaired) electrons. The third-order valence-electron chi connectivity index (χ3n) is 5.12. The zero-order chi connectivity index (χ0) is 20.0. The van der Waals surface area contributed by atoms with Gasteiger partial charge in [0.25, 0.3) is 0 Å². The Bertz CT molecular complexity index is 1080.